The fourth-order valence-corrected chi connectivity index (χ4v) is 1.72. The number of carbonyl (C=O) groups excluding carboxylic acids is 1. The molecule has 0 saturated heterocycles. The van der Waals surface area contributed by atoms with E-state index in [2.05, 4.69) is 10.5 Å². The topological polar surface area (TPSA) is 64.4 Å². The Bertz CT molecular complexity index is 546. The number of methoxy groups -OCH3 is 1. The maximum Gasteiger partial charge on any atom is 0.239 e. The van der Waals surface area contributed by atoms with Gasteiger partial charge in [-0.05, 0) is 24.1 Å². The first-order valence-corrected chi connectivity index (χ1v) is 6.13. The largest absolute Gasteiger partial charge is 0.497 e. The Morgan fingerprint density at radius 1 is 1.37 bits per heavy atom. The second-order valence-electron chi connectivity index (χ2n) is 4.10. The van der Waals surface area contributed by atoms with Gasteiger partial charge in [0.15, 0.2) is 0 Å². The minimum Gasteiger partial charge on any atom is -0.497 e. The predicted molar refractivity (Wildman–Crippen MR) is 72.0 cm³/mol. The van der Waals surface area contributed by atoms with Gasteiger partial charge in [0.25, 0.3) is 0 Å². The Morgan fingerprint density at radius 2 is 2.11 bits per heavy atom. The minimum absolute atomic E-state index is 0.0750. The molecule has 1 aromatic heterocycles. The highest BCUT2D eigenvalue weighted by atomic mass is 16.5. The van der Waals surface area contributed by atoms with Crippen molar-refractivity contribution in [1.29, 1.82) is 0 Å². The molecule has 2 aromatic rings. The average Bonchev–Trinajstić information content (AvgIpc) is 2.87. The predicted octanol–water partition coefficient (Wildman–Crippen LogP) is 3.09. The van der Waals surface area contributed by atoms with Crippen molar-refractivity contribution in [3.8, 4) is 16.9 Å². The number of aromatic nitrogens is 1. The summed E-state index contributed by atoms with van der Waals surface area (Å²) in [5.74, 6) is 1.08. The Labute approximate surface area is 111 Å². The molecule has 0 spiro atoms. The molecular formula is C14H16N2O3. The summed E-state index contributed by atoms with van der Waals surface area (Å²) < 4.78 is 10.2. The van der Waals surface area contributed by atoms with Gasteiger partial charge in [-0.25, -0.2) is 0 Å². The molecule has 19 heavy (non-hydrogen) atoms. The summed E-state index contributed by atoms with van der Waals surface area (Å²) in [4.78, 5) is 11.6. The van der Waals surface area contributed by atoms with E-state index < -0.39 is 0 Å². The molecule has 100 valence electrons. The molecule has 0 unspecified atom stereocenters. The van der Waals surface area contributed by atoms with Crippen LogP contribution in [0.25, 0.3) is 11.1 Å². The van der Waals surface area contributed by atoms with Gasteiger partial charge >= 0.3 is 0 Å². The van der Waals surface area contributed by atoms with E-state index in [1.165, 1.54) is 0 Å². The number of amides is 1. The van der Waals surface area contributed by atoms with Crippen molar-refractivity contribution in [2.75, 3.05) is 12.4 Å². The second kappa shape index (κ2) is 6.04. The third-order valence-electron chi connectivity index (χ3n) is 2.70. The Hall–Kier alpha value is -2.30. The van der Waals surface area contributed by atoms with E-state index in [1.807, 2.05) is 31.2 Å². The number of benzene rings is 1. The molecule has 2 rings (SSSR count). The monoisotopic (exact) mass is 260 g/mol. The van der Waals surface area contributed by atoms with Crippen LogP contribution in [0.1, 0.15) is 19.8 Å². The van der Waals surface area contributed by atoms with E-state index in [1.54, 1.807) is 13.3 Å². The van der Waals surface area contributed by atoms with E-state index in [4.69, 9.17) is 9.26 Å². The lowest BCUT2D eigenvalue weighted by atomic mass is 10.1. The highest BCUT2D eigenvalue weighted by Gasteiger charge is 2.13. The molecule has 0 atom stereocenters. The Balaban J connectivity index is 2.20. The summed E-state index contributed by atoms with van der Waals surface area (Å²) in [7, 11) is 1.62. The molecular weight excluding hydrogens is 244 g/mol. The van der Waals surface area contributed by atoms with Crippen LogP contribution in [0.3, 0.4) is 0 Å². The van der Waals surface area contributed by atoms with Gasteiger partial charge in [-0.15, -0.1) is 0 Å². The molecule has 5 heteroatoms. The number of hydrogen-bond acceptors (Lipinski definition) is 4. The first-order valence-electron chi connectivity index (χ1n) is 6.13. The van der Waals surface area contributed by atoms with Crippen LogP contribution in [0, 0.1) is 0 Å². The lowest BCUT2D eigenvalue weighted by Gasteiger charge is -2.04. The lowest BCUT2D eigenvalue weighted by molar-refractivity contribution is -0.116. The SMILES string of the molecule is CCCC(=O)Nc1oncc1-c1ccc(OC)cc1. The quantitative estimate of drug-likeness (QED) is 0.897. The van der Waals surface area contributed by atoms with Crippen molar-refractivity contribution >= 4 is 11.8 Å². The van der Waals surface area contributed by atoms with Crippen molar-refractivity contribution in [3.05, 3.63) is 30.5 Å². The fourth-order valence-electron chi connectivity index (χ4n) is 1.72. The van der Waals surface area contributed by atoms with Crippen LogP contribution in [-0.2, 0) is 4.79 Å². The van der Waals surface area contributed by atoms with Gasteiger partial charge in [-0.3, -0.25) is 10.1 Å². The molecule has 0 bridgehead atoms. The fraction of sp³-hybridized carbons (Fsp3) is 0.286. The van der Waals surface area contributed by atoms with E-state index in [0.29, 0.717) is 12.3 Å². The second-order valence-corrected chi connectivity index (χ2v) is 4.10. The highest BCUT2D eigenvalue weighted by molar-refractivity contribution is 5.93. The van der Waals surface area contributed by atoms with Crippen LogP contribution in [0.2, 0.25) is 0 Å². The summed E-state index contributed by atoms with van der Waals surface area (Å²) >= 11 is 0. The van der Waals surface area contributed by atoms with Gasteiger partial charge in [0.2, 0.25) is 11.8 Å². The Kier molecular flexibility index (Phi) is 4.18. The molecule has 1 heterocycles. The average molecular weight is 260 g/mol. The molecule has 0 aliphatic heterocycles. The molecule has 0 aliphatic rings. The van der Waals surface area contributed by atoms with Gasteiger partial charge < -0.3 is 9.26 Å². The van der Waals surface area contributed by atoms with Crippen LogP contribution in [0.15, 0.2) is 35.0 Å². The van der Waals surface area contributed by atoms with Gasteiger partial charge in [0.1, 0.15) is 5.75 Å². The normalized spacial score (nSPS) is 10.2. The maximum atomic E-state index is 11.6. The van der Waals surface area contributed by atoms with E-state index >= 15 is 0 Å². The van der Waals surface area contributed by atoms with Crippen LogP contribution in [0.4, 0.5) is 5.88 Å². The number of carbonyl (C=O) groups is 1. The molecule has 0 saturated carbocycles. The number of nitrogens with one attached hydrogen (secondary N) is 1. The molecule has 1 aromatic carbocycles. The summed E-state index contributed by atoms with van der Waals surface area (Å²) in [6, 6.07) is 7.47. The van der Waals surface area contributed by atoms with Crippen molar-refractivity contribution in [1.82, 2.24) is 5.16 Å². The van der Waals surface area contributed by atoms with E-state index in [-0.39, 0.29) is 5.91 Å². The zero-order chi connectivity index (χ0) is 13.7. The van der Waals surface area contributed by atoms with Gasteiger partial charge in [-0.2, -0.15) is 0 Å². The van der Waals surface area contributed by atoms with Crippen LogP contribution >= 0.6 is 0 Å². The third-order valence-corrected chi connectivity index (χ3v) is 2.70. The summed E-state index contributed by atoms with van der Waals surface area (Å²) in [6.45, 7) is 1.95. The van der Waals surface area contributed by atoms with Gasteiger partial charge in [0, 0.05) is 6.42 Å². The zero-order valence-corrected chi connectivity index (χ0v) is 11.0. The number of anilines is 1. The summed E-state index contributed by atoms with van der Waals surface area (Å²) in [5.41, 5.74) is 1.67. The van der Waals surface area contributed by atoms with Crippen LogP contribution in [-0.4, -0.2) is 18.2 Å². The van der Waals surface area contributed by atoms with Crippen molar-refractivity contribution < 1.29 is 14.1 Å². The van der Waals surface area contributed by atoms with Crippen molar-refractivity contribution in [3.63, 3.8) is 0 Å². The minimum atomic E-state index is -0.0750. The zero-order valence-electron chi connectivity index (χ0n) is 11.0. The highest BCUT2D eigenvalue weighted by Crippen LogP contribution is 2.29. The van der Waals surface area contributed by atoms with E-state index in [9.17, 15) is 4.79 Å². The molecule has 1 N–H and O–H groups in total. The number of nitrogens with zero attached hydrogens (tertiary/aromatic N) is 1. The molecule has 0 fully saturated rings. The smallest absolute Gasteiger partial charge is 0.239 e. The molecule has 0 aliphatic carbocycles. The van der Waals surface area contributed by atoms with Gasteiger partial charge in [-0.1, -0.05) is 24.2 Å². The standard InChI is InChI=1S/C14H16N2O3/c1-3-4-13(17)16-14-12(9-15-19-14)10-5-7-11(18-2)8-6-10/h5-9H,3-4H2,1-2H3,(H,16,17). The summed E-state index contributed by atoms with van der Waals surface area (Å²) in [6.07, 6.45) is 2.84. The molecule has 1 amide bonds. The number of ether oxygens (including phenoxy) is 1. The van der Waals surface area contributed by atoms with Crippen molar-refractivity contribution in [2.45, 2.75) is 19.8 Å². The third kappa shape index (κ3) is 3.13. The van der Waals surface area contributed by atoms with Crippen LogP contribution in [0.5, 0.6) is 5.75 Å². The maximum absolute atomic E-state index is 11.6. The van der Waals surface area contributed by atoms with Gasteiger partial charge in [0.05, 0.1) is 18.9 Å². The molecule has 5 nitrogen and oxygen atoms in total. The summed E-state index contributed by atoms with van der Waals surface area (Å²) in [5, 5.41) is 6.45. The number of hydrogen-bond donors (Lipinski definition) is 1. The van der Waals surface area contributed by atoms with Crippen molar-refractivity contribution in [2.24, 2.45) is 0 Å². The number of rotatable bonds is 5. The van der Waals surface area contributed by atoms with Crippen LogP contribution < -0.4 is 10.1 Å². The lowest BCUT2D eigenvalue weighted by Crippen LogP contribution is -2.10. The Morgan fingerprint density at radius 3 is 2.74 bits per heavy atom. The first-order chi connectivity index (χ1) is 9.24. The molecule has 0 radical (unpaired) electrons. The first kappa shape index (κ1) is 13.1. The van der Waals surface area contributed by atoms with E-state index in [0.717, 1.165) is 23.3 Å².